The molecule has 6 heteroatoms. The maximum Gasteiger partial charge on any atom is 0.260 e. The van der Waals surface area contributed by atoms with Gasteiger partial charge in [0.15, 0.2) is 12.4 Å². The highest BCUT2D eigenvalue weighted by atomic mass is 16.5. The van der Waals surface area contributed by atoms with Crippen molar-refractivity contribution in [2.75, 3.05) is 19.7 Å². The number of ether oxygens (including phenoxy) is 1. The average molecular weight is 334 g/mol. The molecule has 0 radical (unpaired) electrons. The smallest absolute Gasteiger partial charge is 0.260 e. The molecule has 0 heterocycles. The fourth-order valence-electron chi connectivity index (χ4n) is 2.19. The third-order valence-corrected chi connectivity index (χ3v) is 3.38. The third-order valence-electron chi connectivity index (χ3n) is 3.38. The molecule has 0 aromatic heterocycles. The summed E-state index contributed by atoms with van der Waals surface area (Å²) in [5.41, 5.74) is 1.39. The summed E-state index contributed by atoms with van der Waals surface area (Å²) in [4.78, 5) is 37.1. The zero-order valence-electron chi connectivity index (χ0n) is 15.0. The number of hydrogen-bond donors (Lipinski definition) is 1. The lowest BCUT2D eigenvalue weighted by atomic mass is 10.1. The van der Waals surface area contributed by atoms with Crippen molar-refractivity contribution >= 4 is 17.6 Å². The van der Waals surface area contributed by atoms with Gasteiger partial charge in [-0.3, -0.25) is 14.4 Å². The predicted molar refractivity (Wildman–Crippen MR) is 92.2 cm³/mol. The topological polar surface area (TPSA) is 75.7 Å². The minimum absolute atomic E-state index is 0.00959. The van der Waals surface area contributed by atoms with Crippen LogP contribution < -0.4 is 10.1 Å². The van der Waals surface area contributed by atoms with Crippen LogP contribution >= 0.6 is 0 Å². The lowest BCUT2D eigenvalue weighted by Gasteiger charge is -2.21. The molecule has 1 N–H and O–H groups in total. The molecule has 1 aromatic carbocycles. The minimum atomic E-state index is -0.300. The standard InChI is InChI=1S/C18H26N2O4/c1-6-20(10-17(22)19-12(2)3)18(23)11-24-16-8-7-13(4)9-15(16)14(5)21/h7-9,12H,6,10-11H2,1-5H3,(H,19,22). The molecule has 0 aliphatic rings. The van der Waals surface area contributed by atoms with Crippen LogP contribution in [-0.4, -0.2) is 48.2 Å². The molecular formula is C18H26N2O4. The first-order chi connectivity index (χ1) is 11.2. The molecule has 0 aliphatic carbocycles. The van der Waals surface area contributed by atoms with E-state index >= 15 is 0 Å². The number of carbonyl (C=O) groups is 3. The van der Waals surface area contributed by atoms with Gasteiger partial charge in [0.25, 0.3) is 5.91 Å². The zero-order chi connectivity index (χ0) is 18.3. The summed E-state index contributed by atoms with van der Waals surface area (Å²) < 4.78 is 5.52. The van der Waals surface area contributed by atoms with Crippen molar-refractivity contribution in [3.8, 4) is 5.75 Å². The summed E-state index contributed by atoms with van der Waals surface area (Å²) in [7, 11) is 0. The Balaban J connectivity index is 2.70. The number of carbonyl (C=O) groups excluding carboxylic acids is 3. The molecule has 0 saturated carbocycles. The molecule has 0 bridgehead atoms. The first-order valence-corrected chi connectivity index (χ1v) is 8.06. The fraction of sp³-hybridized carbons (Fsp3) is 0.500. The van der Waals surface area contributed by atoms with Crippen LogP contribution in [0, 0.1) is 6.92 Å². The van der Waals surface area contributed by atoms with Gasteiger partial charge in [0.2, 0.25) is 5.91 Å². The normalized spacial score (nSPS) is 10.4. The Hall–Kier alpha value is -2.37. The predicted octanol–water partition coefficient (Wildman–Crippen LogP) is 1.95. The minimum Gasteiger partial charge on any atom is -0.483 e. The molecule has 0 aliphatic heterocycles. The molecule has 1 rings (SSSR count). The lowest BCUT2D eigenvalue weighted by Crippen LogP contribution is -2.44. The molecule has 0 atom stereocenters. The second kappa shape index (κ2) is 9.05. The van der Waals surface area contributed by atoms with Gasteiger partial charge in [-0.1, -0.05) is 11.6 Å². The van der Waals surface area contributed by atoms with Crippen LogP contribution in [0.4, 0.5) is 0 Å². The van der Waals surface area contributed by atoms with E-state index in [1.165, 1.54) is 11.8 Å². The average Bonchev–Trinajstić information content (AvgIpc) is 2.50. The van der Waals surface area contributed by atoms with E-state index in [4.69, 9.17) is 4.74 Å². The highest BCUT2D eigenvalue weighted by Gasteiger charge is 2.17. The number of amides is 2. The Morgan fingerprint density at radius 3 is 2.46 bits per heavy atom. The monoisotopic (exact) mass is 334 g/mol. The lowest BCUT2D eigenvalue weighted by molar-refractivity contribution is -0.137. The number of Topliss-reactive ketones (excluding diaryl/α,β-unsaturated/α-hetero) is 1. The van der Waals surface area contributed by atoms with E-state index in [1.54, 1.807) is 19.1 Å². The van der Waals surface area contributed by atoms with Crippen LogP contribution in [-0.2, 0) is 9.59 Å². The van der Waals surface area contributed by atoms with Gasteiger partial charge in [-0.25, -0.2) is 0 Å². The Morgan fingerprint density at radius 1 is 1.25 bits per heavy atom. The number of aryl methyl sites for hydroxylation is 1. The quantitative estimate of drug-likeness (QED) is 0.737. The van der Waals surface area contributed by atoms with Gasteiger partial charge in [0, 0.05) is 12.6 Å². The van der Waals surface area contributed by atoms with E-state index in [2.05, 4.69) is 5.32 Å². The van der Waals surface area contributed by atoms with E-state index in [1.807, 2.05) is 26.8 Å². The largest absolute Gasteiger partial charge is 0.483 e. The summed E-state index contributed by atoms with van der Waals surface area (Å²) >= 11 is 0. The maximum absolute atomic E-state index is 12.3. The van der Waals surface area contributed by atoms with Crippen LogP contribution in [0.5, 0.6) is 5.75 Å². The van der Waals surface area contributed by atoms with Crippen molar-refractivity contribution in [1.29, 1.82) is 0 Å². The van der Waals surface area contributed by atoms with Gasteiger partial charge in [-0.2, -0.15) is 0 Å². The van der Waals surface area contributed by atoms with Crippen LogP contribution in [0.15, 0.2) is 18.2 Å². The fourth-order valence-corrected chi connectivity index (χ4v) is 2.19. The number of nitrogens with zero attached hydrogens (tertiary/aromatic N) is 1. The molecule has 24 heavy (non-hydrogen) atoms. The van der Waals surface area contributed by atoms with Crippen LogP contribution in [0.25, 0.3) is 0 Å². The van der Waals surface area contributed by atoms with E-state index in [-0.39, 0.29) is 36.8 Å². The van der Waals surface area contributed by atoms with Gasteiger partial charge in [-0.15, -0.1) is 0 Å². The summed E-state index contributed by atoms with van der Waals surface area (Å²) in [5.74, 6) is -0.250. The van der Waals surface area contributed by atoms with Crippen LogP contribution in [0.2, 0.25) is 0 Å². The second-order valence-electron chi connectivity index (χ2n) is 5.97. The first kappa shape index (κ1) is 19.7. The summed E-state index contributed by atoms with van der Waals surface area (Å²) in [6, 6.07) is 5.25. The number of benzene rings is 1. The van der Waals surface area contributed by atoms with Crippen molar-refractivity contribution in [2.45, 2.75) is 40.7 Å². The highest BCUT2D eigenvalue weighted by molar-refractivity contribution is 5.97. The molecular weight excluding hydrogens is 308 g/mol. The number of nitrogens with one attached hydrogen (secondary N) is 1. The van der Waals surface area contributed by atoms with E-state index < -0.39 is 0 Å². The highest BCUT2D eigenvalue weighted by Crippen LogP contribution is 2.20. The molecule has 0 spiro atoms. The van der Waals surface area contributed by atoms with Gasteiger partial charge in [-0.05, 0) is 46.8 Å². The van der Waals surface area contributed by atoms with Gasteiger partial charge in [0.05, 0.1) is 12.1 Å². The number of ketones is 1. The number of hydrogen-bond acceptors (Lipinski definition) is 4. The van der Waals surface area contributed by atoms with Crippen molar-refractivity contribution in [1.82, 2.24) is 10.2 Å². The van der Waals surface area contributed by atoms with Crippen LogP contribution in [0.3, 0.4) is 0 Å². The molecule has 0 fully saturated rings. The Morgan fingerprint density at radius 2 is 1.92 bits per heavy atom. The Labute approximate surface area is 143 Å². The maximum atomic E-state index is 12.3. The van der Waals surface area contributed by atoms with E-state index in [9.17, 15) is 14.4 Å². The van der Waals surface area contributed by atoms with E-state index in [0.717, 1.165) is 5.56 Å². The molecule has 132 valence electrons. The zero-order valence-corrected chi connectivity index (χ0v) is 15.0. The van der Waals surface area contributed by atoms with Crippen molar-refractivity contribution in [3.63, 3.8) is 0 Å². The molecule has 6 nitrogen and oxygen atoms in total. The summed E-state index contributed by atoms with van der Waals surface area (Å²) in [6.45, 7) is 9.04. The van der Waals surface area contributed by atoms with Gasteiger partial charge >= 0.3 is 0 Å². The number of rotatable bonds is 8. The van der Waals surface area contributed by atoms with Crippen LogP contribution in [0.1, 0.15) is 43.6 Å². The van der Waals surface area contributed by atoms with Crippen molar-refractivity contribution in [2.24, 2.45) is 0 Å². The Kier molecular flexibility index (Phi) is 7.42. The summed E-state index contributed by atoms with van der Waals surface area (Å²) in [6.07, 6.45) is 0. The van der Waals surface area contributed by atoms with E-state index in [0.29, 0.717) is 17.9 Å². The number of likely N-dealkylation sites (N-methyl/N-ethyl adjacent to an activating group) is 1. The molecule has 2 amide bonds. The van der Waals surface area contributed by atoms with Gasteiger partial charge < -0.3 is 15.0 Å². The molecule has 0 saturated heterocycles. The summed E-state index contributed by atoms with van der Waals surface area (Å²) in [5, 5.41) is 2.75. The first-order valence-electron chi connectivity index (χ1n) is 8.06. The Bertz CT molecular complexity index is 611. The SMILES string of the molecule is CCN(CC(=O)NC(C)C)C(=O)COc1ccc(C)cc1C(C)=O. The molecule has 0 unspecified atom stereocenters. The van der Waals surface area contributed by atoms with Crippen molar-refractivity contribution in [3.05, 3.63) is 29.3 Å². The second-order valence-corrected chi connectivity index (χ2v) is 5.97. The third kappa shape index (κ3) is 6.02. The van der Waals surface area contributed by atoms with Gasteiger partial charge in [0.1, 0.15) is 5.75 Å². The van der Waals surface area contributed by atoms with Crippen molar-refractivity contribution < 1.29 is 19.1 Å². The molecule has 1 aromatic rings.